The van der Waals surface area contributed by atoms with E-state index >= 15 is 0 Å². The maximum absolute atomic E-state index is 13.9. The molecule has 0 aromatic heterocycles. The van der Waals surface area contributed by atoms with Crippen molar-refractivity contribution in [3.05, 3.63) is 101 Å². The average Bonchev–Trinajstić information content (AvgIpc) is 2.81. The third-order valence-electron chi connectivity index (χ3n) is 5.44. The first-order valence-electron chi connectivity index (χ1n) is 11.4. The van der Waals surface area contributed by atoms with Crippen molar-refractivity contribution in [2.45, 2.75) is 45.8 Å². The van der Waals surface area contributed by atoms with Crippen LogP contribution in [0.15, 0.2) is 72.8 Å². The molecule has 5 nitrogen and oxygen atoms in total. The second kappa shape index (κ2) is 12.0. The van der Waals surface area contributed by atoms with Gasteiger partial charge in [-0.15, -0.1) is 0 Å². The highest BCUT2D eigenvalue weighted by atomic mass is 19.1. The van der Waals surface area contributed by atoms with E-state index in [0.29, 0.717) is 28.9 Å². The van der Waals surface area contributed by atoms with E-state index in [1.165, 1.54) is 12.1 Å². The van der Waals surface area contributed by atoms with Crippen molar-refractivity contribution >= 4 is 11.9 Å². The van der Waals surface area contributed by atoms with Gasteiger partial charge in [-0.2, -0.15) is 0 Å². The lowest BCUT2D eigenvalue weighted by Crippen LogP contribution is -2.30. The van der Waals surface area contributed by atoms with Gasteiger partial charge in [0.05, 0.1) is 6.04 Å². The Morgan fingerprint density at radius 2 is 1.76 bits per heavy atom. The van der Waals surface area contributed by atoms with Crippen LogP contribution >= 0.6 is 0 Å². The summed E-state index contributed by atoms with van der Waals surface area (Å²) in [5.41, 5.74) is 2.53. The summed E-state index contributed by atoms with van der Waals surface area (Å²) in [5, 5.41) is 12.2. The predicted octanol–water partition coefficient (Wildman–Crippen LogP) is 5.94. The predicted molar refractivity (Wildman–Crippen MR) is 129 cm³/mol. The molecule has 0 saturated carbocycles. The Kier molecular flexibility index (Phi) is 8.79. The third-order valence-corrected chi connectivity index (χ3v) is 5.44. The first kappa shape index (κ1) is 25.0. The molecule has 0 aliphatic carbocycles. The third kappa shape index (κ3) is 7.44. The summed E-state index contributed by atoms with van der Waals surface area (Å²) in [6.07, 6.45) is 0.780. The number of nitrogens with one attached hydrogen (secondary N) is 1. The van der Waals surface area contributed by atoms with Crippen molar-refractivity contribution in [1.82, 2.24) is 5.32 Å². The van der Waals surface area contributed by atoms with Crippen molar-refractivity contribution in [3.8, 4) is 5.75 Å². The second-order valence-corrected chi connectivity index (χ2v) is 8.70. The Morgan fingerprint density at radius 1 is 1.00 bits per heavy atom. The Morgan fingerprint density at radius 3 is 2.44 bits per heavy atom. The molecule has 1 atom stereocenters. The second-order valence-electron chi connectivity index (χ2n) is 8.70. The van der Waals surface area contributed by atoms with Gasteiger partial charge in [-0.3, -0.25) is 9.59 Å². The number of benzene rings is 3. The molecule has 34 heavy (non-hydrogen) atoms. The topological polar surface area (TPSA) is 75.6 Å². The summed E-state index contributed by atoms with van der Waals surface area (Å²) in [6, 6.07) is 20.6. The lowest BCUT2D eigenvalue weighted by atomic mass is 9.95. The molecule has 0 bridgehead atoms. The highest BCUT2D eigenvalue weighted by Gasteiger charge is 2.20. The zero-order valence-corrected chi connectivity index (χ0v) is 19.5. The number of hydrogen-bond donors (Lipinski definition) is 2. The smallest absolute Gasteiger partial charge is 0.303 e. The molecule has 0 aliphatic heterocycles. The Hall–Kier alpha value is -3.67. The van der Waals surface area contributed by atoms with E-state index in [1.807, 2.05) is 50.2 Å². The first-order valence-corrected chi connectivity index (χ1v) is 11.4. The van der Waals surface area contributed by atoms with Gasteiger partial charge in [0.2, 0.25) is 0 Å². The monoisotopic (exact) mass is 463 g/mol. The number of rotatable bonds is 11. The number of aryl methyl sites for hydroxylation is 1. The van der Waals surface area contributed by atoms with Gasteiger partial charge in [-0.25, -0.2) is 4.39 Å². The van der Waals surface area contributed by atoms with Crippen molar-refractivity contribution in [3.63, 3.8) is 0 Å². The molecular formula is C28H30FNO4. The molecule has 0 spiro atoms. The number of carboxylic acid groups (broad SMARTS) is 1. The van der Waals surface area contributed by atoms with Crippen LogP contribution in [0.25, 0.3) is 0 Å². The van der Waals surface area contributed by atoms with Crippen LogP contribution in [0.3, 0.4) is 0 Å². The molecule has 0 radical (unpaired) electrons. The highest BCUT2D eigenvalue weighted by molar-refractivity contribution is 5.96. The van der Waals surface area contributed by atoms with Crippen LogP contribution in [-0.4, -0.2) is 17.0 Å². The molecule has 2 N–H and O–H groups in total. The van der Waals surface area contributed by atoms with Crippen molar-refractivity contribution < 1.29 is 23.8 Å². The van der Waals surface area contributed by atoms with Crippen LogP contribution in [0.1, 0.15) is 59.8 Å². The van der Waals surface area contributed by atoms with Gasteiger partial charge in [0.25, 0.3) is 5.91 Å². The molecule has 0 saturated heterocycles. The fourth-order valence-electron chi connectivity index (χ4n) is 3.78. The first-order chi connectivity index (χ1) is 16.3. The molecule has 0 aliphatic rings. The molecule has 3 aromatic carbocycles. The minimum absolute atomic E-state index is 0.0839. The number of carbonyl (C=O) groups is 2. The summed E-state index contributed by atoms with van der Waals surface area (Å²) >= 11 is 0. The summed E-state index contributed by atoms with van der Waals surface area (Å²) in [7, 11) is 0. The van der Waals surface area contributed by atoms with E-state index in [1.54, 1.807) is 24.3 Å². The van der Waals surface area contributed by atoms with E-state index in [-0.39, 0.29) is 43.1 Å². The molecule has 0 heterocycles. The van der Waals surface area contributed by atoms with Gasteiger partial charge in [-0.1, -0.05) is 56.3 Å². The minimum atomic E-state index is -0.930. The normalized spacial score (nSPS) is 11.8. The van der Waals surface area contributed by atoms with E-state index in [9.17, 15) is 14.0 Å². The molecule has 3 rings (SSSR count). The van der Waals surface area contributed by atoms with Crippen molar-refractivity contribution in [1.29, 1.82) is 0 Å². The number of halogens is 1. The number of carbonyl (C=O) groups excluding carboxylic acids is 1. The molecule has 1 unspecified atom stereocenters. The van der Waals surface area contributed by atoms with Gasteiger partial charge in [0.15, 0.2) is 0 Å². The lowest BCUT2D eigenvalue weighted by molar-refractivity contribution is -0.136. The maximum atomic E-state index is 13.9. The summed E-state index contributed by atoms with van der Waals surface area (Å²) in [5.74, 6) is -0.628. The fraction of sp³-hybridized carbons (Fsp3) is 0.286. The van der Waals surface area contributed by atoms with Crippen molar-refractivity contribution in [2.24, 2.45) is 5.92 Å². The van der Waals surface area contributed by atoms with Crippen LogP contribution in [0, 0.1) is 11.7 Å². The number of ether oxygens (including phenoxy) is 1. The number of para-hydroxylation sites is 1. The molecule has 178 valence electrons. The Bertz CT molecular complexity index is 1110. The Labute approximate surface area is 199 Å². The van der Waals surface area contributed by atoms with Crippen molar-refractivity contribution in [2.75, 3.05) is 0 Å². The lowest BCUT2D eigenvalue weighted by Gasteiger charge is -2.22. The number of carboxylic acids is 1. The van der Waals surface area contributed by atoms with Crippen LogP contribution in [-0.2, 0) is 17.8 Å². The quantitative estimate of drug-likeness (QED) is 0.369. The summed E-state index contributed by atoms with van der Waals surface area (Å²) < 4.78 is 19.7. The SMILES string of the molecule is CC(C)CC(NC(=O)c1cc(COc2ccccc2)ccc1CCC(=O)O)c1cccc(F)c1. The number of aliphatic carboxylic acids is 1. The van der Waals surface area contributed by atoms with Crippen LogP contribution in [0.5, 0.6) is 5.75 Å². The van der Waals surface area contributed by atoms with Crippen LogP contribution in [0.4, 0.5) is 4.39 Å². The molecule has 6 heteroatoms. The van der Waals surface area contributed by atoms with Gasteiger partial charge < -0.3 is 15.2 Å². The molecule has 0 fully saturated rings. The van der Waals surface area contributed by atoms with E-state index in [4.69, 9.17) is 9.84 Å². The summed E-state index contributed by atoms with van der Waals surface area (Å²) in [4.78, 5) is 24.5. The van der Waals surface area contributed by atoms with Crippen LogP contribution in [0.2, 0.25) is 0 Å². The standard InChI is InChI=1S/C28H30FNO4/c1-19(2)15-26(22-7-6-8-23(29)17-22)30-28(33)25-16-20(11-12-21(25)13-14-27(31)32)18-34-24-9-4-3-5-10-24/h3-12,16-17,19,26H,13-15,18H2,1-2H3,(H,30,33)(H,31,32). The number of hydrogen-bond acceptors (Lipinski definition) is 3. The van der Waals surface area contributed by atoms with E-state index in [2.05, 4.69) is 5.32 Å². The van der Waals surface area contributed by atoms with Gasteiger partial charge >= 0.3 is 5.97 Å². The molecular weight excluding hydrogens is 433 g/mol. The van der Waals surface area contributed by atoms with E-state index < -0.39 is 5.97 Å². The van der Waals surface area contributed by atoms with E-state index in [0.717, 1.165) is 5.56 Å². The molecule has 3 aromatic rings. The zero-order valence-electron chi connectivity index (χ0n) is 19.5. The maximum Gasteiger partial charge on any atom is 0.303 e. The highest BCUT2D eigenvalue weighted by Crippen LogP contribution is 2.24. The number of amides is 1. The van der Waals surface area contributed by atoms with Gasteiger partial charge in [-0.05, 0) is 65.8 Å². The summed E-state index contributed by atoms with van der Waals surface area (Å²) in [6.45, 7) is 4.35. The fourth-order valence-corrected chi connectivity index (χ4v) is 3.78. The van der Waals surface area contributed by atoms with Gasteiger partial charge in [0.1, 0.15) is 18.2 Å². The average molecular weight is 464 g/mol. The van der Waals surface area contributed by atoms with Crippen LogP contribution < -0.4 is 10.1 Å². The molecule has 1 amide bonds. The van der Waals surface area contributed by atoms with Gasteiger partial charge in [0, 0.05) is 12.0 Å². The Balaban J connectivity index is 1.86. The zero-order chi connectivity index (χ0) is 24.5. The minimum Gasteiger partial charge on any atom is -0.489 e. The largest absolute Gasteiger partial charge is 0.489 e.